The molecule has 3 heteroatoms. The number of rotatable bonds is 5. The summed E-state index contributed by atoms with van der Waals surface area (Å²) in [6, 6.07) is 0. The van der Waals surface area contributed by atoms with Crippen LogP contribution in [0, 0.1) is 0 Å². The zero-order valence-electron chi connectivity index (χ0n) is 7.87. The molecule has 0 aliphatic heterocycles. The van der Waals surface area contributed by atoms with Crippen LogP contribution in [0.25, 0.3) is 0 Å². The monoisotopic (exact) mass is 158 g/mol. The second kappa shape index (κ2) is 6.16. The Morgan fingerprint density at radius 2 is 2.18 bits per heavy atom. The molecule has 0 aromatic carbocycles. The SMILES string of the molecule is CC/C=N\N(C)C(CC)OC. The third-order valence-electron chi connectivity index (χ3n) is 1.48. The van der Waals surface area contributed by atoms with E-state index in [2.05, 4.69) is 18.9 Å². The van der Waals surface area contributed by atoms with Crippen LogP contribution < -0.4 is 0 Å². The Bertz CT molecular complexity index is 111. The lowest BCUT2D eigenvalue weighted by Crippen LogP contribution is -2.28. The number of nitrogens with zero attached hydrogens (tertiary/aromatic N) is 2. The van der Waals surface area contributed by atoms with E-state index in [1.54, 1.807) is 7.11 Å². The lowest BCUT2D eigenvalue weighted by molar-refractivity contribution is -0.0183. The zero-order chi connectivity index (χ0) is 8.69. The van der Waals surface area contributed by atoms with Gasteiger partial charge < -0.3 is 4.74 Å². The van der Waals surface area contributed by atoms with Crippen molar-refractivity contribution in [3.05, 3.63) is 0 Å². The predicted octanol–water partition coefficient (Wildman–Crippen LogP) is 1.70. The molecule has 0 aliphatic rings. The predicted molar refractivity (Wildman–Crippen MR) is 47.6 cm³/mol. The molecule has 0 rings (SSSR count). The summed E-state index contributed by atoms with van der Waals surface area (Å²) in [7, 11) is 3.62. The molecule has 66 valence electrons. The van der Waals surface area contributed by atoms with Crippen molar-refractivity contribution < 1.29 is 4.74 Å². The van der Waals surface area contributed by atoms with E-state index in [0.29, 0.717) is 0 Å². The minimum atomic E-state index is 0.109. The van der Waals surface area contributed by atoms with E-state index in [9.17, 15) is 0 Å². The fourth-order valence-electron chi connectivity index (χ4n) is 0.868. The highest BCUT2D eigenvalue weighted by molar-refractivity contribution is 5.55. The molecule has 0 spiro atoms. The minimum Gasteiger partial charge on any atom is -0.360 e. The van der Waals surface area contributed by atoms with Gasteiger partial charge in [0.1, 0.15) is 6.23 Å². The summed E-state index contributed by atoms with van der Waals surface area (Å²) >= 11 is 0. The van der Waals surface area contributed by atoms with Crippen molar-refractivity contribution in [2.75, 3.05) is 14.2 Å². The summed E-state index contributed by atoms with van der Waals surface area (Å²) < 4.78 is 5.17. The van der Waals surface area contributed by atoms with Gasteiger partial charge in [0.15, 0.2) is 0 Å². The summed E-state index contributed by atoms with van der Waals surface area (Å²) in [4.78, 5) is 0. The smallest absolute Gasteiger partial charge is 0.144 e. The van der Waals surface area contributed by atoms with Crippen molar-refractivity contribution in [2.24, 2.45) is 5.10 Å². The van der Waals surface area contributed by atoms with Gasteiger partial charge >= 0.3 is 0 Å². The highest BCUT2D eigenvalue weighted by Gasteiger charge is 2.06. The summed E-state index contributed by atoms with van der Waals surface area (Å²) in [5.74, 6) is 0. The van der Waals surface area contributed by atoms with Crippen molar-refractivity contribution in [3.8, 4) is 0 Å². The van der Waals surface area contributed by atoms with Crippen LogP contribution >= 0.6 is 0 Å². The van der Waals surface area contributed by atoms with E-state index >= 15 is 0 Å². The topological polar surface area (TPSA) is 24.8 Å². The molecule has 0 bridgehead atoms. The standard InChI is InChI=1S/C8H18N2O/c1-5-7-9-10(3)8(6-2)11-4/h7-8H,5-6H2,1-4H3/b9-7-. The fourth-order valence-corrected chi connectivity index (χ4v) is 0.868. The molecule has 0 saturated heterocycles. The first-order chi connectivity index (χ1) is 5.26. The van der Waals surface area contributed by atoms with Crippen LogP contribution in [-0.4, -0.2) is 31.6 Å². The summed E-state index contributed by atoms with van der Waals surface area (Å²) in [5, 5.41) is 6.00. The van der Waals surface area contributed by atoms with Gasteiger partial charge in [-0.25, -0.2) is 0 Å². The Kier molecular flexibility index (Phi) is 5.84. The van der Waals surface area contributed by atoms with Gasteiger partial charge in [-0.2, -0.15) is 5.10 Å². The molecule has 0 N–H and O–H groups in total. The Labute approximate surface area is 69.0 Å². The Morgan fingerprint density at radius 3 is 2.55 bits per heavy atom. The molecule has 1 atom stereocenters. The fraction of sp³-hybridized carbons (Fsp3) is 0.875. The van der Waals surface area contributed by atoms with E-state index in [4.69, 9.17) is 4.74 Å². The average Bonchev–Trinajstić information content (AvgIpc) is 2.03. The first-order valence-electron chi connectivity index (χ1n) is 4.04. The van der Waals surface area contributed by atoms with Gasteiger partial charge in [0, 0.05) is 20.4 Å². The second-order valence-corrected chi connectivity index (χ2v) is 2.38. The molecule has 0 aliphatic carbocycles. The number of hydrogen-bond donors (Lipinski definition) is 0. The lowest BCUT2D eigenvalue weighted by atomic mass is 10.4. The van der Waals surface area contributed by atoms with Crippen LogP contribution in [0.1, 0.15) is 26.7 Å². The van der Waals surface area contributed by atoms with Crippen molar-refractivity contribution in [1.29, 1.82) is 0 Å². The van der Waals surface area contributed by atoms with Crippen molar-refractivity contribution in [3.63, 3.8) is 0 Å². The molecule has 0 aromatic heterocycles. The summed E-state index contributed by atoms with van der Waals surface area (Å²) in [5.41, 5.74) is 0. The number of ether oxygens (including phenoxy) is 1. The second-order valence-electron chi connectivity index (χ2n) is 2.38. The van der Waals surface area contributed by atoms with Crippen molar-refractivity contribution in [1.82, 2.24) is 5.01 Å². The van der Waals surface area contributed by atoms with E-state index in [1.807, 2.05) is 18.3 Å². The Balaban J connectivity index is 3.77. The molecular weight excluding hydrogens is 140 g/mol. The third kappa shape index (κ3) is 3.98. The van der Waals surface area contributed by atoms with Gasteiger partial charge in [-0.1, -0.05) is 13.8 Å². The normalized spacial score (nSPS) is 13.8. The van der Waals surface area contributed by atoms with Gasteiger partial charge in [0.25, 0.3) is 0 Å². The quantitative estimate of drug-likeness (QED) is 0.345. The third-order valence-corrected chi connectivity index (χ3v) is 1.48. The van der Waals surface area contributed by atoms with E-state index in [0.717, 1.165) is 12.8 Å². The molecule has 11 heavy (non-hydrogen) atoms. The highest BCUT2D eigenvalue weighted by Crippen LogP contribution is 2.01. The maximum atomic E-state index is 5.17. The molecule has 1 unspecified atom stereocenters. The highest BCUT2D eigenvalue weighted by atomic mass is 16.5. The molecule has 0 radical (unpaired) electrons. The van der Waals surface area contributed by atoms with Crippen LogP contribution in [0.3, 0.4) is 0 Å². The Morgan fingerprint density at radius 1 is 1.55 bits per heavy atom. The van der Waals surface area contributed by atoms with Crippen LogP contribution in [0.2, 0.25) is 0 Å². The minimum absolute atomic E-state index is 0.109. The molecule has 0 heterocycles. The average molecular weight is 158 g/mol. The Hall–Kier alpha value is -0.570. The van der Waals surface area contributed by atoms with Crippen LogP contribution in [0.5, 0.6) is 0 Å². The molecular formula is C8H18N2O. The molecule has 0 saturated carbocycles. The first-order valence-corrected chi connectivity index (χ1v) is 4.04. The lowest BCUT2D eigenvalue weighted by Gasteiger charge is -2.22. The van der Waals surface area contributed by atoms with E-state index in [1.165, 1.54) is 0 Å². The number of methoxy groups -OCH3 is 1. The van der Waals surface area contributed by atoms with Gasteiger partial charge in [0.2, 0.25) is 0 Å². The largest absolute Gasteiger partial charge is 0.360 e. The van der Waals surface area contributed by atoms with Gasteiger partial charge in [-0.15, -0.1) is 0 Å². The van der Waals surface area contributed by atoms with Crippen LogP contribution in [0.4, 0.5) is 0 Å². The van der Waals surface area contributed by atoms with E-state index in [-0.39, 0.29) is 6.23 Å². The van der Waals surface area contributed by atoms with Gasteiger partial charge in [0.05, 0.1) is 0 Å². The van der Waals surface area contributed by atoms with Crippen LogP contribution in [0.15, 0.2) is 5.10 Å². The summed E-state index contributed by atoms with van der Waals surface area (Å²) in [6.45, 7) is 4.14. The first kappa shape index (κ1) is 10.4. The maximum Gasteiger partial charge on any atom is 0.144 e. The van der Waals surface area contributed by atoms with Gasteiger partial charge in [-0.3, -0.25) is 5.01 Å². The molecule has 3 nitrogen and oxygen atoms in total. The molecule has 0 fully saturated rings. The number of hydrogen-bond acceptors (Lipinski definition) is 3. The van der Waals surface area contributed by atoms with Gasteiger partial charge in [-0.05, 0) is 12.8 Å². The van der Waals surface area contributed by atoms with Crippen LogP contribution in [-0.2, 0) is 4.74 Å². The van der Waals surface area contributed by atoms with Crippen molar-refractivity contribution >= 4 is 6.21 Å². The molecule has 0 aromatic rings. The van der Waals surface area contributed by atoms with Crippen molar-refractivity contribution in [2.45, 2.75) is 32.9 Å². The van der Waals surface area contributed by atoms with E-state index < -0.39 is 0 Å². The maximum absolute atomic E-state index is 5.17. The molecule has 0 amide bonds. The number of hydrazone groups is 1. The summed E-state index contributed by atoms with van der Waals surface area (Å²) in [6.07, 6.45) is 3.90. The zero-order valence-corrected chi connectivity index (χ0v) is 7.87.